The SMILES string of the molecule is C[C@H]1CNCCN1c1cccc2oc(-c3cnc4ccc(OCC(F)(F)F)nn34)cc12. The standard InChI is InChI=1S/C21H20F3N5O2/c1-13-10-25-7-8-28(13)15-3-2-4-17-14(15)9-18(31-17)16-11-26-19-5-6-20(27-29(16)19)30-12-21(22,23)24/h2-6,9,11,13,25H,7-8,10,12H2,1H3/t13-/m0/s1. The van der Waals surface area contributed by atoms with Gasteiger partial charge in [0.2, 0.25) is 5.88 Å². The number of alkyl halides is 3. The van der Waals surface area contributed by atoms with Crippen LogP contribution in [0.15, 0.2) is 47.0 Å². The van der Waals surface area contributed by atoms with Gasteiger partial charge in [-0.2, -0.15) is 13.2 Å². The fourth-order valence-electron chi connectivity index (χ4n) is 3.88. The van der Waals surface area contributed by atoms with Gasteiger partial charge < -0.3 is 19.4 Å². The number of nitrogens with zero attached hydrogens (tertiary/aromatic N) is 4. The van der Waals surface area contributed by atoms with Crippen LogP contribution in [0.4, 0.5) is 18.9 Å². The molecule has 0 radical (unpaired) electrons. The van der Waals surface area contributed by atoms with Crippen molar-refractivity contribution in [2.24, 2.45) is 0 Å². The van der Waals surface area contributed by atoms with E-state index < -0.39 is 12.8 Å². The first kappa shape index (κ1) is 19.7. The fraction of sp³-hybridized carbons (Fsp3) is 0.333. The minimum atomic E-state index is -4.44. The monoisotopic (exact) mass is 431 g/mol. The van der Waals surface area contributed by atoms with Gasteiger partial charge >= 0.3 is 6.18 Å². The number of halogens is 3. The zero-order valence-corrected chi connectivity index (χ0v) is 16.7. The van der Waals surface area contributed by atoms with Crippen molar-refractivity contribution in [1.29, 1.82) is 0 Å². The van der Waals surface area contributed by atoms with Crippen LogP contribution in [0.1, 0.15) is 6.92 Å². The average Bonchev–Trinajstić information content (AvgIpc) is 3.35. The number of imidazole rings is 1. The minimum Gasteiger partial charge on any atom is -0.467 e. The predicted octanol–water partition coefficient (Wildman–Crippen LogP) is 3.88. The van der Waals surface area contributed by atoms with Crippen molar-refractivity contribution in [2.45, 2.75) is 19.1 Å². The summed E-state index contributed by atoms with van der Waals surface area (Å²) < 4.78 is 49.7. The Morgan fingerprint density at radius 2 is 2.13 bits per heavy atom. The Morgan fingerprint density at radius 3 is 2.94 bits per heavy atom. The summed E-state index contributed by atoms with van der Waals surface area (Å²) in [4.78, 5) is 6.62. The summed E-state index contributed by atoms with van der Waals surface area (Å²) in [6, 6.07) is 11.1. The van der Waals surface area contributed by atoms with Crippen molar-refractivity contribution in [3.8, 4) is 17.3 Å². The number of benzene rings is 1. The molecule has 1 saturated heterocycles. The quantitative estimate of drug-likeness (QED) is 0.529. The number of hydrogen-bond donors (Lipinski definition) is 1. The highest BCUT2D eigenvalue weighted by Crippen LogP contribution is 2.35. The second kappa shape index (κ2) is 7.45. The highest BCUT2D eigenvalue weighted by atomic mass is 19.4. The van der Waals surface area contributed by atoms with E-state index in [1.54, 1.807) is 12.3 Å². The number of hydrogen-bond acceptors (Lipinski definition) is 6. The van der Waals surface area contributed by atoms with Crippen LogP contribution in [-0.2, 0) is 0 Å². The third-order valence-electron chi connectivity index (χ3n) is 5.32. The van der Waals surface area contributed by atoms with Crippen molar-refractivity contribution >= 4 is 22.3 Å². The molecule has 7 nitrogen and oxygen atoms in total. The normalized spacial score (nSPS) is 17.5. The number of nitrogens with one attached hydrogen (secondary N) is 1. The summed E-state index contributed by atoms with van der Waals surface area (Å²) in [6.07, 6.45) is -2.86. The number of rotatable bonds is 4. The zero-order valence-electron chi connectivity index (χ0n) is 16.7. The van der Waals surface area contributed by atoms with Crippen molar-refractivity contribution < 1.29 is 22.3 Å². The smallest absolute Gasteiger partial charge is 0.422 e. The van der Waals surface area contributed by atoms with E-state index in [1.807, 2.05) is 18.2 Å². The first-order valence-corrected chi connectivity index (χ1v) is 9.94. The molecule has 1 fully saturated rings. The van der Waals surface area contributed by atoms with Gasteiger partial charge in [-0.05, 0) is 31.2 Å². The topological polar surface area (TPSA) is 67.8 Å². The molecule has 0 amide bonds. The number of ether oxygens (including phenoxy) is 1. The lowest BCUT2D eigenvalue weighted by Crippen LogP contribution is -2.49. The second-order valence-corrected chi connectivity index (χ2v) is 7.54. The maximum absolute atomic E-state index is 12.5. The highest BCUT2D eigenvalue weighted by molar-refractivity contribution is 5.94. The molecule has 0 saturated carbocycles. The predicted molar refractivity (Wildman–Crippen MR) is 109 cm³/mol. The number of anilines is 1. The van der Waals surface area contributed by atoms with Crippen molar-refractivity contribution in [1.82, 2.24) is 19.9 Å². The molecule has 0 spiro atoms. The molecule has 31 heavy (non-hydrogen) atoms. The Kier molecular flexibility index (Phi) is 4.73. The summed E-state index contributed by atoms with van der Waals surface area (Å²) in [5.74, 6) is 0.383. The molecule has 0 aliphatic carbocycles. The van der Waals surface area contributed by atoms with E-state index in [1.165, 1.54) is 10.6 Å². The fourth-order valence-corrected chi connectivity index (χ4v) is 3.88. The third kappa shape index (κ3) is 3.78. The van der Waals surface area contributed by atoms with Gasteiger partial charge in [0.25, 0.3) is 0 Å². The Balaban J connectivity index is 1.54. The lowest BCUT2D eigenvalue weighted by molar-refractivity contribution is -0.154. The Morgan fingerprint density at radius 1 is 1.26 bits per heavy atom. The average molecular weight is 431 g/mol. The number of furan rings is 1. The van der Waals surface area contributed by atoms with Gasteiger partial charge in [-0.3, -0.25) is 0 Å². The molecule has 3 aromatic heterocycles. The maximum Gasteiger partial charge on any atom is 0.422 e. The van der Waals surface area contributed by atoms with E-state index in [-0.39, 0.29) is 5.88 Å². The zero-order chi connectivity index (χ0) is 21.6. The number of aromatic nitrogens is 3. The van der Waals surface area contributed by atoms with Gasteiger partial charge in [0.15, 0.2) is 18.0 Å². The highest BCUT2D eigenvalue weighted by Gasteiger charge is 2.29. The van der Waals surface area contributed by atoms with E-state index in [4.69, 9.17) is 9.15 Å². The minimum absolute atomic E-state index is 0.143. The Bertz CT molecular complexity index is 1230. The second-order valence-electron chi connectivity index (χ2n) is 7.54. The van der Waals surface area contributed by atoms with Gasteiger partial charge in [0.05, 0.1) is 6.20 Å². The molecule has 1 aliphatic rings. The molecular formula is C21H20F3N5O2. The van der Waals surface area contributed by atoms with Crippen LogP contribution >= 0.6 is 0 Å². The first-order valence-electron chi connectivity index (χ1n) is 9.94. The van der Waals surface area contributed by atoms with Gasteiger partial charge in [0.1, 0.15) is 11.3 Å². The molecule has 1 atom stereocenters. The molecule has 5 rings (SSSR count). The van der Waals surface area contributed by atoms with Crippen LogP contribution in [0.2, 0.25) is 0 Å². The van der Waals surface area contributed by atoms with Crippen LogP contribution in [-0.4, -0.2) is 53.1 Å². The van der Waals surface area contributed by atoms with Crippen LogP contribution < -0.4 is 15.0 Å². The van der Waals surface area contributed by atoms with Gasteiger partial charge in [0, 0.05) is 42.8 Å². The largest absolute Gasteiger partial charge is 0.467 e. The lowest BCUT2D eigenvalue weighted by atomic mass is 10.1. The third-order valence-corrected chi connectivity index (χ3v) is 5.32. The Labute approximate surface area is 175 Å². The molecular weight excluding hydrogens is 411 g/mol. The van der Waals surface area contributed by atoms with Gasteiger partial charge in [-0.1, -0.05) is 6.07 Å². The van der Waals surface area contributed by atoms with Crippen LogP contribution in [0.25, 0.3) is 28.1 Å². The van der Waals surface area contributed by atoms with Crippen molar-refractivity contribution in [3.05, 3.63) is 42.6 Å². The number of piperazine rings is 1. The van der Waals surface area contributed by atoms with E-state index in [2.05, 4.69) is 33.3 Å². The summed E-state index contributed by atoms with van der Waals surface area (Å²) in [7, 11) is 0. The summed E-state index contributed by atoms with van der Waals surface area (Å²) in [5.41, 5.74) is 2.81. The van der Waals surface area contributed by atoms with E-state index in [9.17, 15) is 13.2 Å². The summed E-state index contributed by atoms with van der Waals surface area (Å²) >= 11 is 0. The first-order chi connectivity index (χ1) is 14.9. The molecule has 1 aromatic carbocycles. The van der Waals surface area contributed by atoms with Crippen LogP contribution in [0, 0.1) is 0 Å². The Hall–Kier alpha value is -3.27. The molecule has 162 valence electrons. The maximum atomic E-state index is 12.5. The summed E-state index contributed by atoms with van der Waals surface area (Å²) in [6.45, 7) is 3.45. The van der Waals surface area contributed by atoms with Crippen molar-refractivity contribution in [3.63, 3.8) is 0 Å². The molecule has 10 heteroatoms. The van der Waals surface area contributed by atoms with E-state index in [0.29, 0.717) is 23.1 Å². The van der Waals surface area contributed by atoms with Crippen LogP contribution in [0.5, 0.6) is 5.88 Å². The van der Waals surface area contributed by atoms with E-state index >= 15 is 0 Å². The molecule has 4 aromatic rings. The molecule has 0 unspecified atom stereocenters. The molecule has 4 heterocycles. The van der Waals surface area contributed by atoms with Gasteiger partial charge in [-0.25, -0.2) is 9.50 Å². The van der Waals surface area contributed by atoms with E-state index in [0.717, 1.165) is 36.3 Å². The lowest BCUT2D eigenvalue weighted by Gasteiger charge is -2.36. The summed E-state index contributed by atoms with van der Waals surface area (Å²) in [5, 5.41) is 8.51. The van der Waals surface area contributed by atoms with Gasteiger partial charge in [-0.15, -0.1) is 5.10 Å². The van der Waals surface area contributed by atoms with Crippen LogP contribution in [0.3, 0.4) is 0 Å². The number of fused-ring (bicyclic) bond motifs is 2. The van der Waals surface area contributed by atoms with Crippen molar-refractivity contribution in [2.75, 3.05) is 31.1 Å². The molecule has 1 N–H and O–H groups in total. The molecule has 0 bridgehead atoms. The molecule has 1 aliphatic heterocycles.